The standard InChI is InChI=1S/C23H16ClN5O2S/c1-14-6-8-19(25-11-14)29-22(31)17-4-2-3-5-18(17)27-23(29)32-13-16-10-21(30)28-12-15(24)7-9-20(28)26-16/h2-12H,13H2,1H3. The van der Waals surface area contributed by atoms with Gasteiger partial charge >= 0.3 is 0 Å². The maximum absolute atomic E-state index is 13.3. The molecular formula is C23H16ClN5O2S. The lowest BCUT2D eigenvalue weighted by Gasteiger charge is -2.12. The van der Waals surface area contributed by atoms with Crippen LogP contribution >= 0.6 is 23.4 Å². The van der Waals surface area contributed by atoms with Crippen molar-refractivity contribution in [3.63, 3.8) is 0 Å². The van der Waals surface area contributed by atoms with Crippen LogP contribution in [0, 0.1) is 6.92 Å². The van der Waals surface area contributed by atoms with E-state index in [9.17, 15) is 9.59 Å². The molecule has 0 aliphatic rings. The number of thioether (sulfide) groups is 1. The van der Waals surface area contributed by atoms with Gasteiger partial charge in [0.05, 0.1) is 21.6 Å². The Labute approximate surface area is 191 Å². The van der Waals surface area contributed by atoms with Crippen molar-refractivity contribution in [2.24, 2.45) is 0 Å². The molecular weight excluding hydrogens is 446 g/mol. The average molecular weight is 462 g/mol. The average Bonchev–Trinajstić information content (AvgIpc) is 2.79. The first-order chi connectivity index (χ1) is 15.5. The van der Waals surface area contributed by atoms with Gasteiger partial charge in [-0.05, 0) is 42.8 Å². The predicted molar refractivity (Wildman–Crippen MR) is 126 cm³/mol. The Bertz CT molecular complexity index is 1600. The third-order valence-corrected chi connectivity index (χ3v) is 6.09. The normalized spacial score (nSPS) is 11.3. The topological polar surface area (TPSA) is 82.1 Å². The van der Waals surface area contributed by atoms with Gasteiger partial charge in [0.1, 0.15) is 11.5 Å². The summed E-state index contributed by atoms with van der Waals surface area (Å²) in [5.41, 5.74) is 2.25. The van der Waals surface area contributed by atoms with Crippen LogP contribution in [-0.2, 0) is 5.75 Å². The highest BCUT2D eigenvalue weighted by atomic mass is 35.5. The largest absolute Gasteiger partial charge is 0.269 e. The minimum absolute atomic E-state index is 0.198. The second kappa shape index (κ2) is 8.22. The first-order valence-corrected chi connectivity index (χ1v) is 11.1. The van der Waals surface area contributed by atoms with Crippen LogP contribution in [0.1, 0.15) is 11.3 Å². The molecule has 4 heterocycles. The van der Waals surface area contributed by atoms with Crippen molar-refractivity contribution in [2.45, 2.75) is 17.8 Å². The van der Waals surface area contributed by atoms with Crippen LogP contribution in [0.4, 0.5) is 0 Å². The molecule has 4 aromatic heterocycles. The molecule has 0 N–H and O–H groups in total. The second-order valence-electron chi connectivity index (χ2n) is 7.20. The van der Waals surface area contributed by atoms with Crippen LogP contribution in [0.3, 0.4) is 0 Å². The summed E-state index contributed by atoms with van der Waals surface area (Å²) in [7, 11) is 0. The van der Waals surface area contributed by atoms with Crippen molar-refractivity contribution >= 4 is 39.9 Å². The number of pyridine rings is 2. The van der Waals surface area contributed by atoms with Crippen LogP contribution in [0.25, 0.3) is 22.4 Å². The molecule has 0 saturated carbocycles. The van der Waals surface area contributed by atoms with E-state index in [1.807, 2.05) is 25.1 Å². The highest BCUT2D eigenvalue weighted by molar-refractivity contribution is 7.98. The van der Waals surface area contributed by atoms with E-state index < -0.39 is 0 Å². The Balaban J connectivity index is 1.59. The van der Waals surface area contributed by atoms with Gasteiger partial charge in [-0.1, -0.05) is 41.6 Å². The molecule has 32 heavy (non-hydrogen) atoms. The Morgan fingerprint density at radius 3 is 2.69 bits per heavy atom. The Kier molecular flexibility index (Phi) is 5.24. The maximum atomic E-state index is 13.3. The maximum Gasteiger partial charge on any atom is 0.267 e. The lowest BCUT2D eigenvalue weighted by atomic mass is 10.2. The van der Waals surface area contributed by atoms with Crippen molar-refractivity contribution in [1.29, 1.82) is 0 Å². The number of para-hydroxylation sites is 1. The SMILES string of the molecule is Cc1ccc(-n2c(SCc3cc(=O)n4cc(Cl)ccc4n3)nc3ccccc3c2=O)nc1. The highest BCUT2D eigenvalue weighted by Gasteiger charge is 2.15. The van der Waals surface area contributed by atoms with E-state index in [2.05, 4.69) is 9.97 Å². The van der Waals surface area contributed by atoms with E-state index in [-0.39, 0.29) is 11.1 Å². The number of aryl methyl sites for hydroxylation is 1. The molecule has 7 nitrogen and oxygen atoms in total. The van der Waals surface area contributed by atoms with E-state index in [1.165, 1.54) is 33.0 Å². The molecule has 5 rings (SSSR count). The van der Waals surface area contributed by atoms with Crippen molar-refractivity contribution in [2.75, 3.05) is 0 Å². The van der Waals surface area contributed by atoms with Gasteiger partial charge in [-0.15, -0.1) is 0 Å². The van der Waals surface area contributed by atoms with E-state index in [1.54, 1.807) is 36.5 Å². The summed E-state index contributed by atoms with van der Waals surface area (Å²) in [6.07, 6.45) is 3.25. The van der Waals surface area contributed by atoms with Crippen molar-refractivity contribution in [3.05, 3.63) is 104 Å². The van der Waals surface area contributed by atoms with Crippen molar-refractivity contribution in [3.8, 4) is 5.82 Å². The zero-order valence-electron chi connectivity index (χ0n) is 16.9. The third-order valence-electron chi connectivity index (χ3n) is 4.90. The zero-order chi connectivity index (χ0) is 22.2. The van der Waals surface area contributed by atoms with Crippen LogP contribution in [0.2, 0.25) is 5.02 Å². The van der Waals surface area contributed by atoms with E-state index >= 15 is 0 Å². The second-order valence-corrected chi connectivity index (χ2v) is 8.57. The van der Waals surface area contributed by atoms with Gasteiger partial charge < -0.3 is 0 Å². The van der Waals surface area contributed by atoms with Crippen molar-refractivity contribution in [1.82, 2.24) is 23.9 Å². The van der Waals surface area contributed by atoms with Crippen LogP contribution < -0.4 is 11.1 Å². The molecule has 0 radical (unpaired) electrons. The summed E-state index contributed by atoms with van der Waals surface area (Å²) in [5, 5.41) is 1.44. The number of nitrogens with zero attached hydrogens (tertiary/aromatic N) is 5. The number of halogens is 1. The molecule has 0 amide bonds. The number of hydrogen-bond acceptors (Lipinski definition) is 6. The summed E-state index contributed by atoms with van der Waals surface area (Å²) in [4.78, 5) is 39.5. The first-order valence-electron chi connectivity index (χ1n) is 9.75. The molecule has 0 spiro atoms. The van der Waals surface area contributed by atoms with Crippen LogP contribution in [0.15, 0.2) is 81.7 Å². The van der Waals surface area contributed by atoms with Gasteiger partial charge in [-0.3, -0.25) is 14.0 Å². The molecule has 0 bridgehead atoms. The molecule has 158 valence electrons. The summed E-state index contributed by atoms with van der Waals surface area (Å²) < 4.78 is 2.90. The summed E-state index contributed by atoms with van der Waals surface area (Å²) in [6.45, 7) is 1.94. The first kappa shape index (κ1) is 20.4. The molecule has 0 atom stereocenters. The monoisotopic (exact) mass is 461 g/mol. The van der Waals surface area contributed by atoms with Crippen LogP contribution in [0.5, 0.6) is 0 Å². The minimum atomic E-state index is -0.225. The van der Waals surface area contributed by atoms with Gasteiger partial charge in [-0.2, -0.15) is 0 Å². The van der Waals surface area contributed by atoms with Crippen LogP contribution in [-0.4, -0.2) is 23.9 Å². The number of hydrogen-bond donors (Lipinski definition) is 0. The lowest BCUT2D eigenvalue weighted by molar-refractivity contribution is 0.794. The summed E-state index contributed by atoms with van der Waals surface area (Å²) in [6, 6.07) is 15.7. The number of fused-ring (bicyclic) bond motifs is 2. The quantitative estimate of drug-likeness (QED) is 0.297. The fourth-order valence-corrected chi connectivity index (χ4v) is 4.40. The van der Waals surface area contributed by atoms with Gasteiger partial charge in [0.2, 0.25) is 0 Å². The third kappa shape index (κ3) is 3.79. The van der Waals surface area contributed by atoms with Gasteiger partial charge in [-0.25, -0.2) is 19.5 Å². The Hall–Kier alpha value is -3.49. The van der Waals surface area contributed by atoms with Gasteiger partial charge in [0.25, 0.3) is 11.1 Å². The molecule has 1 aromatic carbocycles. The summed E-state index contributed by atoms with van der Waals surface area (Å²) in [5.74, 6) is 0.841. The lowest BCUT2D eigenvalue weighted by Crippen LogP contribution is -2.22. The Morgan fingerprint density at radius 1 is 1.03 bits per heavy atom. The molecule has 0 aliphatic heterocycles. The Morgan fingerprint density at radius 2 is 1.88 bits per heavy atom. The number of rotatable bonds is 4. The smallest absolute Gasteiger partial charge is 0.267 e. The molecule has 0 aliphatic carbocycles. The van der Waals surface area contributed by atoms with Gasteiger partial charge in [0.15, 0.2) is 5.16 Å². The fraction of sp³-hybridized carbons (Fsp3) is 0.0870. The minimum Gasteiger partial charge on any atom is -0.269 e. The molecule has 0 saturated heterocycles. The highest BCUT2D eigenvalue weighted by Crippen LogP contribution is 2.23. The number of aromatic nitrogens is 5. The van der Waals surface area contributed by atoms with Gasteiger partial charge in [0, 0.05) is 24.2 Å². The fourth-order valence-electron chi connectivity index (χ4n) is 3.34. The van der Waals surface area contributed by atoms with Crippen molar-refractivity contribution < 1.29 is 0 Å². The summed E-state index contributed by atoms with van der Waals surface area (Å²) >= 11 is 7.31. The van der Waals surface area contributed by atoms with E-state index in [0.717, 1.165) is 5.56 Å². The number of benzene rings is 1. The van der Waals surface area contributed by atoms with E-state index in [0.29, 0.717) is 44.0 Å². The molecule has 5 aromatic rings. The predicted octanol–water partition coefficient (Wildman–Crippen LogP) is 4.04. The molecule has 0 unspecified atom stereocenters. The van der Waals surface area contributed by atoms with E-state index in [4.69, 9.17) is 16.6 Å². The molecule has 9 heteroatoms. The molecule has 0 fully saturated rings. The zero-order valence-corrected chi connectivity index (χ0v) is 18.5.